The number of aliphatic hydroxyl groups excluding tert-OH is 1. The number of rotatable bonds is 4. The molecule has 18 heavy (non-hydrogen) atoms. The Labute approximate surface area is 104 Å². The van der Waals surface area contributed by atoms with Crippen LogP contribution in [0.15, 0.2) is 0 Å². The Kier molecular flexibility index (Phi) is 4.90. The van der Waals surface area contributed by atoms with Crippen LogP contribution in [0.25, 0.3) is 0 Å². The van der Waals surface area contributed by atoms with Crippen LogP contribution in [0.5, 0.6) is 0 Å². The summed E-state index contributed by atoms with van der Waals surface area (Å²) in [7, 11) is 0. The van der Waals surface area contributed by atoms with E-state index in [1.54, 1.807) is 6.92 Å². The van der Waals surface area contributed by atoms with E-state index in [0.717, 1.165) is 4.90 Å². The number of urea groups is 1. The van der Waals surface area contributed by atoms with Gasteiger partial charge in [0.05, 0.1) is 6.61 Å². The van der Waals surface area contributed by atoms with Crippen molar-refractivity contribution in [2.75, 3.05) is 32.8 Å². The molecule has 0 aromatic heterocycles. The number of carbonyl (C=O) groups excluding carboxylic acids is 2. The third kappa shape index (κ3) is 3.10. The normalized spacial score (nSPS) is 19.3. The van der Waals surface area contributed by atoms with Gasteiger partial charge in [-0.25, -0.2) is 9.59 Å². The Morgan fingerprint density at radius 1 is 1.56 bits per heavy atom. The van der Waals surface area contributed by atoms with Gasteiger partial charge >= 0.3 is 12.0 Å². The van der Waals surface area contributed by atoms with Gasteiger partial charge in [0.1, 0.15) is 12.6 Å². The van der Waals surface area contributed by atoms with Crippen LogP contribution in [0, 0.1) is 0 Å². The molecule has 1 aliphatic rings. The van der Waals surface area contributed by atoms with E-state index in [2.05, 4.69) is 5.32 Å². The van der Waals surface area contributed by atoms with Gasteiger partial charge in [-0.2, -0.15) is 0 Å². The van der Waals surface area contributed by atoms with E-state index in [1.165, 1.54) is 4.90 Å². The van der Waals surface area contributed by atoms with E-state index in [-0.39, 0.29) is 32.1 Å². The molecule has 0 bridgehead atoms. The second-order valence-corrected chi connectivity index (χ2v) is 3.87. The number of likely N-dealkylation sites (N-methyl/N-ethyl adjacent to an activating group) is 1. The number of hydrogen-bond acceptors (Lipinski definition) is 4. The van der Waals surface area contributed by atoms with Crippen LogP contribution in [-0.4, -0.2) is 76.7 Å². The van der Waals surface area contributed by atoms with Gasteiger partial charge in [-0.15, -0.1) is 0 Å². The van der Waals surface area contributed by atoms with Crippen molar-refractivity contribution < 1.29 is 24.6 Å². The molecule has 8 heteroatoms. The van der Waals surface area contributed by atoms with Crippen molar-refractivity contribution in [3.05, 3.63) is 0 Å². The third-order valence-electron chi connectivity index (χ3n) is 2.74. The van der Waals surface area contributed by atoms with Crippen molar-refractivity contribution in [3.63, 3.8) is 0 Å². The second kappa shape index (κ2) is 6.20. The molecule has 0 radical (unpaired) electrons. The molecule has 102 valence electrons. The van der Waals surface area contributed by atoms with Gasteiger partial charge in [0.2, 0.25) is 5.91 Å². The summed E-state index contributed by atoms with van der Waals surface area (Å²) >= 11 is 0. The lowest BCUT2D eigenvalue weighted by Crippen LogP contribution is -2.62. The van der Waals surface area contributed by atoms with Crippen LogP contribution in [0.4, 0.5) is 4.79 Å². The summed E-state index contributed by atoms with van der Waals surface area (Å²) in [6.07, 6.45) is 0. The highest BCUT2D eigenvalue weighted by molar-refractivity contribution is 5.90. The second-order valence-electron chi connectivity index (χ2n) is 3.87. The highest BCUT2D eigenvalue weighted by atomic mass is 16.4. The fraction of sp³-hybridized carbons (Fsp3) is 0.700. The predicted molar refractivity (Wildman–Crippen MR) is 60.9 cm³/mol. The maximum absolute atomic E-state index is 12.1. The molecule has 3 amide bonds. The summed E-state index contributed by atoms with van der Waals surface area (Å²) in [5.41, 5.74) is 0. The fourth-order valence-electron chi connectivity index (χ4n) is 1.75. The lowest BCUT2D eigenvalue weighted by atomic mass is 10.2. The van der Waals surface area contributed by atoms with Gasteiger partial charge in [0, 0.05) is 19.6 Å². The summed E-state index contributed by atoms with van der Waals surface area (Å²) in [5.74, 6) is -1.55. The summed E-state index contributed by atoms with van der Waals surface area (Å²) in [4.78, 5) is 36.7. The molecule has 1 heterocycles. The summed E-state index contributed by atoms with van der Waals surface area (Å²) in [6, 6.07) is -1.61. The largest absolute Gasteiger partial charge is 0.480 e. The van der Waals surface area contributed by atoms with Gasteiger partial charge < -0.3 is 20.4 Å². The minimum Gasteiger partial charge on any atom is -0.480 e. The molecule has 0 aliphatic carbocycles. The lowest BCUT2D eigenvalue weighted by Gasteiger charge is -2.36. The standard InChI is InChI=1S/C10H17N3O5/c1-2-12(3-4-14)10(18)13-6-8(15)11-5-7(13)9(16)17/h7,14H,2-6H2,1H3,(H,11,15)(H,16,17). The molecule has 1 fully saturated rings. The zero-order valence-electron chi connectivity index (χ0n) is 10.1. The molecule has 1 aliphatic heterocycles. The first-order valence-electron chi connectivity index (χ1n) is 5.67. The van der Waals surface area contributed by atoms with Crippen molar-refractivity contribution in [3.8, 4) is 0 Å². The predicted octanol–water partition coefficient (Wildman–Crippen LogP) is -1.69. The van der Waals surface area contributed by atoms with Crippen LogP contribution in [0.3, 0.4) is 0 Å². The van der Waals surface area contributed by atoms with Crippen LogP contribution < -0.4 is 5.32 Å². The lowest BCUT2D eigenvalue weighted by molar-refractivity contribution is -0.144. The number of aliphatic carboxylic acids is 1. The van der Waals surface area contributed by atoms with Gasteiger partial charge in [-0.05, 0) is 6.92 Å². The SMILES string of the molecule is CCN(CCO)C(=O)N1CC(=O)NCC1C(=O)O. The Bertz CT molecular complexity index is 346. The van der Waals surface area contributed by atoms with Crippen LogP contribution in [0.1, 0.15) is 6.92 Å². The number of carbonyl (C=O) groups is 3. The molecule has 0 aromatic carbocycles. The van der Waals surface area contributed by atoms with Gasteiger partial charge in [-0.3, -0.25) is 9.69 Å². The number of piperazine rings is 1. The highest BCUT2D eigenvalue weighted by Gasteiger charge is 2.36. The maximum atomic E-state index is 12.1. The molecule has 0 spiro atoms. The number of carboxylic acid groups (broad SMARTS) is 1. The number of nitrogens with one attached hydrogen (secondary N) is 1. The van der Waals surface area contributed by atoms with Crippen molar-refractivity contribution >= 4 is 17.9 Å². The first-order chi connectivity index (χ1) is 8.51. The summed E-state index contributed by atoms with van der Waals surface area (Å²) in [5, 5.41) is 20.3. The molecule has 1 atom stereocenters. The molecule has 1 unspecified atom stereocenters. The molecule has 0 saturated carbocycles. The Morgan fingerprint density at radius 2 is 2.22 bits per heavy atom. The molecule has 0 aromatic rings. The topological polar surface area (TPSA) is 110 Å². The number of nitrogens with zero attached hydrogens (tertiary/aromatic N) is 2. The van der Waals surface area contributed by atoms with E-state index in [1.807, 2.05) is 0 Å². The van der Waals surface area contributed by atoms with E-state index < -0.39 is 18.0 Å². The van der Waals surface area contributed by atoms with Crippen molar-refractivity contribution in [1.82, 2.24) is 15.1 Å². The minimum atomic E-state index is -1.16. The number of aliphatic hydroxyl groups is 1. The van der Waals surface area contributed by atoms with E-state index in [0.29, 0.717) is 6.54 Å². The van der Waals surface area contributed by atoms with E-state index in [4.69, 9.17) is 10.2 Å². The monoisotopic (exact) mass is 259 g/mol. The Balaban J connectivity index is 2.83. The Morgan fingerprint density at radius 3 is 2.72 bits per heavy atom. The van der Waals surface area contributed by atoms with Gasteiger partial charge in [-0.1, -0.05) is 0 Å². The summed E-state index contributed by atoms with van der Waals surface area (Å²) < 4.78 is 0. The number of hydrogen-bond donors (Lipinski definition) is 3. The van der Waals surface area contributed by atoms with Crippen molar-refractivity contribution in [1.29, 1.82) is 0 Å². The zero-order valence-corrected chi connectivity index (χ0v) is 10.1. The average Bonchev–Trinajstić information content (AvgIpc) is 2.34. The van der Waals surface area contributed by atoms with E-state index in [9.17, 15) is 14.4 Å². The summed E-state index contributed by atoms with van der Waals surface area (Å²) in [6.45, 7) is 1.57. The average molecular weight is 259 g/mol. The first-order valence-corrected chi connectivity index (χ1v) is 5.67. The molecule has 8 nitrogen and oxygen atoms in total. The van der Waals surface area contributed by atoms with Gasteiger partial charge in [0.25, 0.3) is 0 Å². The van der Waals surface area contributed by atoms with Crippen molar-refractivity contribution in [2.24, 2.45) is 0 Å². The minimum absolute atomic E-state index is 0.101. The molecule has 1 rings (SSSR count). The number of carboxylic acids is 1. The third-order valence-corrected chi connectivity index (χ3v) is 2.74. The van der Waals surface area contributed by atoms with Crippen LogP contribution >= 0.6 is 0 Å². The maximum Gasteiger partial charge on any atom is 0.328 e. The van der Waals surface area contributed by atoms with Crippen LogP contribution in [0.2, 0.25) is 0 Å². The van der Waals surface area contributed by atoms with Crippen molar-refractivity contribution in [2.45, 2.75) is 13.0 Å². The molecule has 3 N–H and O–H groups in total. The molecule has 1 saturated heterocycles. The fourth-order valence-corrected chi connectivity index (χ4v) is 1.75. The highest BCUT2D eigenvalue weighted by Crippen LogP contribution is 2.08. The molecular formula is C10H17N3O5. The van der Waals surface area contributed by atoms with E-state index >= 15 is 0 Å². The molecular weight excluding hydrogens is 242 g/mol. The smallest absolute Gasteiger partial charge is 0.328 e. The Hall–Kier alpha value is -1.83. The zero-order chi connectivity index (χ0) is 13.7. The van der Waals surface area contributed by atoms with Gasteiger partial charge in [0.15, 0.2) is 0 Å². The van der Waals surface area contributed by atoms with Crippen LogP contribution in [-0.2, 0) is 9.59 Å². The quantitative estimate of drug-likeness (QED) is 0.557. The first kappa shape index (κ1) is 14.2. The number of amides is 3.